The van der Waals surface area contributed by atoms with E-state index in [1.54, 1.807) is 12.1 Å². The molecule has 0 aromatic heterocycles. The van der Waals surface area contributed by atoms with Crippen molar-refractivity contribution in [2.45, 2.75) is 17.4 Å². The number of hydrogen-bond donors (Lipinski definition) is 2. The van der Waals surface area contributed by atoms with Gasteiger partial charge < -0.3 is 10.1 Å². The van der Waals surface area contributed by atoms with Crippen molar-refractivity contribution in [3.8, 4) is 5.75 Å². The third-order valence-corrected chi connectivity index (χ3v) is 6.70. The van der Waals surface area contributed by atoms with Crippen molar-refractivity contribution in [2.75, 3.05) is 31.7 Å². The second-order valence-electron chi connectivity index (χ2n) is 5.13. The Morgan fingerprint density at radius 1 is 1.23 bits per heavy atom. The summed E-state index contributed by atoms with van der Waals surface area (Å²) in [5.41, 5.74) is 0. The highest BCUT2D eigenvalue weighted by molar-refractivity contribution is 7.91. The molecular formula is C13H20N2O5S2. The second-order valence-corrected chi connectivity index (χ2v) is 9.12. The van der Waals surface area contributed by atoms with Gasteiger partial charge in [0.25, 0.3) is 0 Å². The van der Waals surface area contributed by atoms with Crippen molar-refractivity contribution >= 4 is 19.9 Å². The predicted octanol–water partition coefficient (Wildman–Crippen LogP) is -0.250. The van der Waals surface area contributed by atoms with Gasteiger partial charge >= 0.3 is 0 Å². The molecule has 0 radical (unpaired) electrons. The van der Waals surface area contributed by atoms with Crippen molar-refractivity contribution in [2.24, 2.45) is 0 Å². The molecule has 7 nitrogen and oxygen atoms in total. The molecule has 124 valence electrons. The predicted molar refractivity (Wildman–Crippen MR) is 83.2 cm³/mol. The number of sulfone groups is 1. The fourth-order valence-electron chi connectivity index (χ4n) is 2.26. The molecule has 0 aliphatic carbocycles. The van der Waals surface area contributed by atoms with Gasteiger partial charge in [0.15, 0.2) is 9.84 Å². The zero-order valence-electron chi connectivity index (χ0n) is 12.3. The van der Waals surface area contributed by atoms with Gasteiger partial charge in [-0.15, -0.1) is 0 Å². The molecule has 22 heavy (non-hydrogen) atoms. The molecule has 0 amide bonds. The van der Waals surface area contributed by atoms with E-state index in [0.717, 1.165) is 0 Å². The van der Waals surface area contributed by atoms with Gasteiger partial charge in [0.2, 0.25) is 10.0 Å². The highest BCUT2D eigenvalue weighted by Crippen LogP contribution is 2.15. The maximum atomic E-state index is 12.1. The second kappa shape index (κ2) is 6.95. The standard InChI is InChI=1S/C13H20N2O5S2/c1-20-12-2-4-13(5-3-12)22(18,19)15-8-7-14-11-6-9-21(16,17)10-11/h2-5,11,14-15H,6-10H2,1H3/t11-/m0/s1. The lowest BCUT2D eigenvalue weighted by Crippen LogP contribution is -2.37. The van der Waals surface area contributed by atoms with Crippen LogP contribution in [0.5, 0.6) is 5.75 Å². The van der Waals surface area contributed by atoms with Crippen LogP contribution in [0.25, 0.3) is 0 Å². The summed E-state index contributed by atoms with van der Waals surface area (Å²) in [6.45, 7) is 0.584. The van der Waals surface area contributed by atoms with Crippen molar-refractivity contribution in [1.29, 1.82) is 0 Å². The number of hydrogen-bond acceptors (Lipinski definition) is 6. The lowest BCUT2D eigenvalue weighted by molar-refractivity contribution is 0.414. The van der Waals surface area contributed by atoms with Crippen LogP contribution >= 0.6 is 0 Å². The summed E-state index contributed by atoms with van der Waals surface area (Å²) in [6.07, 6.45) is 0.577. The van der Waals surface area contributed by atoms with E-state index in [1.807, 2.05) is 0 Å². The van der Waals surface area contributed by atoms with Crippen LogP contribution in [0.1, 0.15) is 6.42 Å². The van der Waals surface area contributed by atoms with E-state index in [4.69, 9.17) is 4.74 Å². The van der Waals surface area contributed by atoms with E-state index >= 15 is 0 Å². The summed E-state index contributed by atoms with van der Waals surface area (Å²) in [4.78, 5) is 0.164. The highest BCUT2D eigenvalue weighted by Gasteiger charge is 2.27. The Labute approximate surface area is 131 Å². The Bertz CT molecular complexity index is 698. The molecule has 1 atom stereocenters. The maximum absolute atomic E-state index is 12.1. The first-order valence-electron chi connectivity index (χ1n) is 6.90. The van der Waals surface area contributed by atoms with E-state index in [1.165, 1.54) is 19.2 Å². The number of rotatable bonds is 7. The van der Waals surface area contributed by atoms with Gasteiger partial charge in [-0.25, -0.2) is 21.6 Å². The molecule has 0 bridgehead atoms. The van der Waals surface area contributed by atoms with E-state index in [0.29, 0.717) is 18.7 Å². The smallest absolute Gasteiger partial charge is 0.240 e. The van der Waals surface area contributed by atoms with Gasteiger partial charge in [0.1, 0.15) is 5.75 Å². The van der Waals surface area contributed by atoms with Gasteiger partial charge in [-0.05, 0) is 30.7 Å². The summed E-state index contributed by atoms with van der Waals surface area (Å²) >= 11 is 0. The minimum Gasteiger partial charge on any atom is -0.497 e. The Morgan fingerprint density at radius 2 is 1.91 bits per heavy atom. The lowest BCUT2D eigenvalue weighted by atomic mass is 10.3. The molecule has 1 fully saturated rings. The largest absolute Gasteiger partial charge is 0.497 e. The lowest BCUT2D eigenvalue weighted by Gasteiger charge is -2.11. The zero-order valence-corrected chi connectivity index (χ0v) is 13.9. The minimum absolute atomic E-state index is 0.0875. The van der Waals surface area contributed by atoms with Crippen molar-refractivity contribution in [3.63, 3.8) is 0 Å². The maximum Gasteiger partial charge on any atom is 0.240 e. The topological polar surface area (TPSA) is 102 Å². The molecule has 1 heterocycles. The summed E-state index contributed by atoms with van der Waals surface area (Å²) in [5.74, 6) is 0.906. The minimum atomic E-state index is -3.57. The average molecular weight is 348 g/mol. The number of nitrogens with one attached hydrogen (secondary N) is 2. The van der Waals surface area contributed by atoms with Crippen LogP contribution in [0.2, 0.25) is 0 Å². The molecular weight excluding hydrogens is 328 g/mol. The SMILES string of the molecule is COc1ccc(S(=O)(=O)NCCN[C@H]2CCS(=O)(=O)C2)cc1. The van der Waals surface area contributed by atoms with E-state index < -0.39 is 19.9 Å². The molecule has 9 heteroatoms. The molecule has 1 aliphatic rings. The Morgan fingerprint density at radius 3 is 2.45 bits per heavy atom. The highest BCUT2D eigenvalue weighted by atomic mass is 32.2. The van der Waals surface area contributed by atoms with Gasteiger partial charge in [-0.2, -0.15) is 0 Å². The normalized spacial score (nSPS) is 20.9. The average Bonchev–Trinajstić information content (AvgIpc) is 2.83. The summed E-state index contributed by atoms with van der Waals surface area (Å²) in [6, 6.07) is 6.01. The summed E-state index contributed by atoms with van der Waals surface area (Å²) in [7, 11) is -4.98. The summed E-state index contributed by atoms with van der Waals surface area (Å²) in [5, 5.41) is 3.05. The zero-order chi connectivity index (χ0) is 16.2. The van der Waals surface area contributed by atoms with Crippen LogP contribution in [0.3, 0.4) is 0 Å². The first-order valence-corrected chi connectivity index (χ1v) is 10.2. The number of ether oxygens (including phenoxy) is 1. The van der Waals surface area contributed by atoms with Crippen molar-refractivity contribution in [1.82, 2.24) is 10.0 Å². The monoisotopic (exact) mass is 348 g/mol. The number of benzene rings is 1. The molecule has 2 rings (SSSR count). The quantitative estimate of drug-likeness (QED) is 0.659. The molecule has 2 N–H and O–H groups in total. The van der Waals surface area contributed by atoms with Crippen molar-refractivity contribution in [3.05, 3.63) is 24.3 Å². The molecule has 1 aliphatic heterocycles. The van der Waals surface area contributed by atoms with E-state index in [2.05, 4.69) is 10.0 Å². The van der Waals surface area contributed by atoms with Crippen LogP contribution < -0.4 is 14.8 Å². The molecule has 0 saturated carbocycles. The van der Waals surface area contributed by atoms with Crippen molar-refractivity contribution < 1.29 is 21.6 Å². The number of sulfonamides is 1. The molecule has 0 unspecified atom stereocenters. The van der Waals surface area contributed by atoms with Crippen LogP contribution in [0.15, 0.2) is 29.2 Å². The third kappa shape index (κ3) is 4.67. The van der Waals surface area contributed by atoms with Gasteiger partial charge in [0, 0.05) is 19.1 Å². The third-order valence-electron chi connectivity index (χ3n) is 3.45. The Balaban J connectivity index is 1.80. The van der Waals surface area contributed by atoms with Crippen LogP contribution in [-0.2, 0) is 19.9 Å². The van der Waals surface area contributed by atoms with E-state index in [9.17, 15) is 16.8 Å². The fourth-order valence-corrected chi connectivity index (χ4v) is 5.00. The first kappa shape index (κ1) is 17.2. The molecule has 1 aromatic rings. The van der Waals surface area contributed by atoms with Gasteiger partial charge in [0.05, 0.1) is 23.5 Å². The fraction of sp³-hybridized carbons (Fsp3) is 0.538. The van der Waals surface area contributed by atoms with Crippen LogP contribution in [-0.4, -0.2) is 54.6 Å². The molecule has 1 saturated heterocycles. The summed E-state index contributed by atoms with van der Waals surface area (Å²) < 4.78 is 54.2. The Kier molecular flexibility index (Phi) is 5.43. The van der Waals surface area contributed by atoms with Gasteiger partial charge in [-0.3, -0.25) is 0 Å². The molecule has 0 spiro atoms. The number of methoxy groups -OCH3 is 1. The van der Waals surface area contributed by atoms with Gasteiger partial charge in [-0.1, -0.05) is 0 Å². The molecule has 1 aromatic carbocycles. The Hall–Kier alpha value is -1.16. The van der Waals surface area contributed by atoms with Crippen LogP contribution in [0, 0.1) is 0 Å². The van der Waals surface area contributed by atoms with Crippen LogP contribution in [0.4, 0.5) is 0 Å². The van der Waals surface area contributed by atoms with E-state index in [-0.39, 0.29) is 29.0 Å². The first-order chi connectivity index (χ1) is 10.3.